The summed E-state index contributed by atoms with van der Waals surface area (Å²) >= 11 is 2.01. The normalized spacial score (nSPS) is 13.0. The molecule has 1 N–H and O–H groups in total. The highest BCUT2D eigenvalue weighted by Crippen LogP contribution is 2.31. The molecule has 1 atom stereocenters. The van der Waals surface area contributed by atoms with Gasteiger partial charge in [-0.1, -0.05) is 45.4 Å². The molecule has 0 aliphatic carbocycles. The van der Waals surface area contributed by atoms with Crippen LogP contribution in [0.4, 0.5) is 0 Å². The minimum absolute atomic E-state index is 0.664. The summed E-state index contributed by atoms with van der Waals surface area (Å²) in [5.41, 5.74) is 2.80. The van der Waals surface area contributed by atoms with E-state index in [4.69, 9.17) is 0 Å². The lowest BCUT2D eigenvalue weighted by molar-refractivity contribution is 0.640. The zero-order valence-electron chi connectivity index (χ0n) is 12.4. The Balaban J connectivity index is 2.75. The molecule has 0 aromatic heterocycles. The molecule has 0 aliphatic heterocycles. The van der Waals surface area contributed by atoms with Crippen LogP contribution < -0.4 is 5.32 Å². The molecule has 0 fully saturated rings. The van der Waals surface area contributed by atoms with Gasteiger partial charge in [-0.05, 0) is 37.4 Å². The predicted molar refractivity (Wildman–Crippen MR) is 83.3 cm³/mol. The Morgan fingerprint density at radius 2 is 1.94 bits per heavy atom. The van der Waals surface area contributed by atoms with Gasteiger partial charge in [0.05, 0.1) is 0 Å². The molecule has 0 amide bonds. The quantitative estimate of drug-likeness (QED) is 0.570. The zero-order valence-corrected chi connectivity index (χ0v) is 13.2. The van der Waals surface area contributed by atoms with E-state index in [0.717, 1.165) is 13.1 Å². The first kappa shape index (κ1) is 15.6. The van der Waals surface area contributed by atoms with Crippen LogP contribution >= 0.6 is 11.8 Å². The van der Waals surface area contributed by atoms with Crippen molar-refractivity contribution in [2.45, 2.75) is 57.7 Å². The number of hydrogen-bond donors (Lipinski definition) is 1. The standard InChI is InChI=1S/C16H27NS/c1-6-9-17-11-15-10-13(4)7-8-16(15)18-14(5)12(2)3/h7-8,10,12,14,17H,6,9,11H2,1-5H3. The maximum atomic E-state index is 3.51. The van der Waals surface area contributed by atoms with Crippen molar-refractivity contribution in [3.63, 3.8) is 0 Å². The largest absolute Gasteiger partial charge is 0.313 e. The summed E-state index contributed by atoms with van der Waals surface area (Å²) in [7, 11) is 0. The van der Waals surface area contributed by atoms with Gasteiger partial charge < -0.3 is 5.32 Å². The van der Waals surface area contributed by atoms with Gasteiger partial charge in [0.1, 0.15) is 0 Å². The van der Waals surface area contributed by atoms with Gasteiger partial charge in [0.25, 0.3) is 0 Å². The van der Waals surface area contributed by atoms with Gasteiger partial charge in [-0.3, -0.25) is 0 Å². The van der Waals surface area contributed by atoms with Crippen LogP contribution in [0.5, 0.6) is 0 Å². The fraction of sp³-hybridized carbons (Fsp3) is 0.625. The predicted octanol–water partition coefficient (Wildman–Crippen LogP) is 4.63. The Morgan fingerprint density at radius 3 is 2.56 bits per heavy atom. The summed E-state index contributed by atoms with van der Waals surface area (Å²) in [4.78, 5) is 1.44. The molecule has 0 spiro atoms. The summed E-state index contributed by atoms with van der Waals surface area (Å²) in [6.45, 7) is 13.4. The smallest absolute Gasteiger partial charge is 0.0216 e. The summed E-state index contributed by atoms with van der Waals surface area (Å²) in [5, 5.41) is 4.17. The van der Waals surface area contributed by atoms with E-state index in [1.807, 2.05) is 11.8 Å². The number of nitrogens with one attached hydrogen (secondary N) is 1. The lowest BCUT2D eigenvalue weighted by Crippen LogP contribution is -2.15. The number of hydrogen-bond acceptors (Lipinski definition) is 2. The van der Waals surface area contributed by atoms with Crippen molar-refractivity contribution in [1.82, 2.24) is 5.32 Å². The summed E-state index contributed by atoms with van der Waals surface area (Å²) in [6.07, 6.45) is 1.19. The average Bonchev–Trinajstić information content (AvgIpc) is 2.32. The van der Waals surface area contributed by atoms with Crippen LogP contribution in [0.15, 0.2) is 23.1 Å². The first-order valence-corrected chi connectivity index (χ1v) is 7.89. The van der Waals surface area contributed by atoms with Crippen molar-refractivity contribution in [1.29, 1.82) is 0 Å². The van der Waals surface area contributed by atoms with Gasteiger partial charge in [-0.2, -0.15) is 0 Å². The van der Waals surface area contributed by atoms with E-state index >= 15 is 0 Å². The third-order valence-electron chi connectivity index (χ3n) is 3.21. The van der Waals surface area contributed by atoms with Gasteiger partial charge in [0, 0.05) is 16.7 Å². The number of rotatable bonds is 7. The first-order chi connectivity index (χ1) is 8.54. The van der Waals surface area contributed by atoms with E-state index in [-0.39, 0.29) is 0 Å². The van der Waals surface area contributed by atoms with Crippen LogP contribution in [-0.4, -0.2) is 11.8 Å². The van der Waals surface area contributed by atoms with Crippen LogP contribution in [-0.2, 0) is 6.54 Å². The van der Waals surface area contributed by atoms with Crippen molar-refractivity contribution >= 4 is 11.8 Å². The molecule has 1 rings (SSSR count). The zero-order chi connectivity index (χ0) is 13.5. The summed E-state index contributed by atoms with van der Waals surface area (Å²) in [6, 6.07) is 6.82. The van der Waals surface area contributed by atoms with Crippen LogP contribution in [0, 0.1) is 12.8 Å². The van der Waals surface area contributed by atoms with Gasteiger partial charge in [-0.15, -0.1) is 11.8 Å². The Labute approximate surface area is 117 Å². The van der Waals surface area contributed by atoms with E-state index in [0.29, 0.717) is 11.2 Å². The molecule has 0 radical (unpaired) electrons. The Morgan fingerprint density at radius 1 is 1.22 bits per heavy atom. The second-order valence-electron chi connectivity index (χ2n) is 5.35. The SMILES string of the molecule is CCCNCc1cc(C)ccc1SC(C)C(C)C. The van der Waals surface area contributed by atoms with E-state index in [1.165, 1.54) is 22.4 Å². The van der Waals surface area contributed by atoms with E-state index < -0.39 is 0 Å². The van der Waals surface area contributed by atoms with Gasteiger partial charge in [-0.25, -0.2) is 0 Å². The second-order valence-corrected chi connectivity index (χ2v) is 6.77. The molecule has 18 heavy (non-hydrogen) atoms. The molecular weight excluding hydrogens is 238 g/mol. The van der Waals surface area contributed by atoms with Crippen molar-refractivity contribution < 1.29 is 0 Å². The molecule has 102 valence electrons. The number of thioether (sulfide) groups is 1. The monoisotopic (exact) mass is 265 g/mol. The van der Waals surface area contributed by atoms with Crippen molar-refractivity contribution in [3.8, 4) is 0 Å². The molecule has 0 aliphatic rings. The van der Waals surface area contributed by atoms with Crippen molar-refractivity contribution in [2.75, 3.05) is 6.54 Å². The highest BCUT2D eigenvalue weighted by Gasteiger charge is 2.11. The minimum Gasteiger partial charge on any atom is -0.313 e. The van der Waals surface area contributed by atoms with E-state index in [9.17, 15) is 0 Å². The molecule has 1 unspecified atom stereocenters. The molecule has 2 heteroatoms. The highest BCUT2D eigenvalue weighted by molar-refractivity contribution is 8.00. The average molecular weight is 265 g/mol. The lowest BCUT2D eigenvalue weighted by atomic mass is 10.1. The van der Waals surface area contributed by atoms with E-state index in [2.05, 4.69) is 58.1 Å². The number of aryl methyl sites for hydroxylation is 1. The third kappa shape index (κ3) is 5.03. The second kappa shape index (κ2) is 7.85. The molecule has 1 aromatic carbocycles. The van der Waals surface area contributed by atoms with Crippen LogP contribution in [0.25, 0.3) is 0 Å². The topological polar surface area (TPSA) is 12.0 Å². The van der Waals surface area contributed by atoms with Crippen LogP contribution in [0.3, 0.4) is 0 Å². The maximum absolute atomic E-state index is 3.51. The van der Waals surface area contributed by atoms with Crippen molar-refractivity contribution in [2.24, 2.45) is 5.92 Å². The maximum Gasteiger partial charge on any atom is 0.0216 e. The van der Waals surface area contributed by atoms with Crippen LogP contribution in [0.2, 0.25) is 0 Å². The van der Waals surface area contributed by atoms with Crippen molar-refractivity contribution in [3.05, 3.63) is 29.3 Å². The van der Waals surface area contributed by atoms with Crippen LogP contribution in [0.1, 0.15) is 45.2 Å². The van der Waals surface area contributed by atoms with E-state index in [1.54, 1.807) is 0 Å². The minimum atomic E-state index is 0.664. The molecule has 0 heterocycles. The molecule has 0 saturated carbocycles. The number of benzene rings is 1. The Hall–Kier alpha value is -0.470. The Bertz CT molecular complexity index is 360. The molecule has 1 nitrogen and oxygen atoms in total. The summed E-state index contributed by atoms with van der Waals surface area (Å²) < 4.78 is 0. The van der Waals surface area contributed by atoms with Gasteiger partial charge in [0.2, 0.25) is 0 Å². The fourth-order valence-corrected chi connectivity index (χ4v) is 2.80. The first-order valence-electron chi connectivity index (χ1n) is 7.01. The molecule has 0 bridgehead atoms. The van der Waals surface area contributed by atoms with Gasteiger partial charge >= 0.3 is 0 Å². The Kier molecular flexibility index (Phi) is 6.80. The molecular formula is C16H27NS. The highest BCUT2D eigenvalue weighted by atomic mass is 32.2. The molecule has 1 aromatic rings. The van der Waals surface area contributed by atoms with Gasteiger partial charge in [0.15, 0.2) is 0 Å². The summed E-state index contributed by atoms with van der Waals surface area (Å²) in [5.74, 6) is 0.716. The third-order valence-corrected chi connectivity index (χ3v) is 4.78. The molecule has 0 saturated heterocycles. The lowest BCUT2D eigenvalue weighted by Gasteiger charge is -2.18. The fourth-order valence-electron chi connectivity index (χ4n) is 1.70.